The van der Waals surface area contributed by atoms with Crippen molar-refractivity contribution in [2.75, 3.05) is 14.2 Å². The highest BCUT2D eigenvalue weighted by Gasteiger charge is 2.44. The Morgan fingerprint density at radius 2 is 1.64 bits per heavy atom. The molecule has 0 bridgehead atoms. The monoisotopic (exact) mass is 492 g/mol. The van der Waals surface area contributed by atoms with Crippen molar-refractivity contribution in [2.24, 2.45) is 5.41 Å². The normalized spacial score (nSPS) is 17.5. The van der Waals surface area contributed by atoms with Gasteiger partial charge in [-0.15, -0.1) is 13.2 Å². The molecule has 190 valence electrons. The smallest absolute Gasteiger partial charge is 0.340 e. The summed E-state index contributed by atoms with van der Waals surface area (Å²) in [6.07, 6.45) is 2.32. The lowest BCUT2D eigenvalue weighted by molar-refractivity contribution is -0.0318. The number of fused-ring (bicyclic) bond motifs is 3. The van der Waals surface area contributed by atoms with Gasteiger partial charge < -0.3 is 28.5 Å². The minimum Gasteiger partial charge on any atom is -0.504 e. The molecule has 2 aromatic carbocycles. The van der Waals surface area contributed by atoms with E-state index in [0.29, 0.717) is 33.8 Å². The Morgan fingerprint density at radius 1 is 0.944 bits per heavy atom. The Morgan fingerprint density at radius 3 is 2.25 bits per heavy atom. The molecule has 7 nitrogen and oxygen atoms in total. The van der Waals surface area contributed by atoms with Crippen LogP contribution in [0.15, 0.2) is 64.9 Å². The molecule has 0 saturated heterocycles. The first kappa shape index (κ1) is 25.2. The Kier molecular flexibility index (Phi) is 6.29. The molecule has 0 saturated carbocycles. The summed E-state index contributed by atoms with van der Waals surface area (Å²) < 4.78 is 29.9. The molecule has 2 atom stereocenters. The van der Waals surface area contributed by atoms with Gasteiger partial charge in [-0.05, 0) is 24.3 Å². The zero-order valence-electron chi connectivity index (χ0n) is 21.5. The average molecular weight is 493 g/mol. The number of phenols is 1. The van der Waals surface area contributed by atoms with Crippen LogP contribution in [0.25, 0.3) is 11.0 Å². The summed E-state index contributed by atoms with van der Waals surface area (Å²) >= 11 is 0. The zero-order valence-corrected chi connectivity index (χ0v) is 21.5. The number of hydrogen-bond donors (Lipinski definition) is 1. The fraction of sp³-hybridized carbons (Fsp3) is 0.345. The van der Waals surface area contributed by atoms with Gasteiger partial charge in [0, 0.05) is 27.3 Å². The van der Waals surface area contributed by atoms with Crippen LogP contribution >= 0.6 is 0 Å². The van der Waals surface area contributed by atoms with E-state index in [9.17, 15) is 9.90 Å². The van der Waals surface area contributed by atoms with E-state index in [2.05, 4.69) is 13.2 Å². The third-order valence-electron chi connectivity index (χ3n) is 6.88. The second-order valence-corrected chi connectivity index (χ2v) is 10.1. The van der Waals surface area contributed by atoms with Gasteiger partial charge in [-0.2, -0.15) is 0 Å². The van der Waals surface area contributed by atoms with E-state index in [1.54, 1.807) is 49.6 Å². The maximum atomic E-state index is 13.0. The van der Waals surface area contributed by atoms with Gasteiger partial charge in [-0.1, -0.05) is 45.9 Å². The summed E-state index contributed by atoms with van der Waals surface area (Å²) in [5.41, 5.74) is -0.192. The molecule has 0 aliphatic carbocycles. The van der Waals surface area contributed by atoms with Crippen LogP contribution < -0.4 is 24.6 Å². The maximum Gasteiger partial charge on any atom is 0.340 e. The zero-order chi connectivity index (χ0) is 26.4. The lowest BCUT2D eigenvalue weighted by Crippen LogP contribution is -2.43. The number of allylic oxidation sites excluding steroid dienone is 1. The van der Waals surface area contributed by atoms with Crippen LogP contribution in [-0.4, -0.2) is 25.4 Å². The summed E-state index contributed by atoms with van der Waals surface area (Å²) in [6.45, 7) is 15.6. The minimum atomic E-state index is -0.648. The van der Waals surface area contributed by atoms with Crippen LogP contribution in [0.1, 0.15) is 44.9 Å². The van der Waals surface area contributed by atoms with Crippen LogP contribution in [-0.2, 0) is 5.41 Å². The Balaban J connectivity index is 1.98. The second kappa shape index (κ2) is 8.97. The van der Waals surface area contributed by atoms with E-state index in [1.807, 2.05) is 27.7 Å². The van der Waals surface area contributed by atoms with E-state index in [0.717, 1.165) is 0 Å². The largest absolute Gasteiger partial charge is 0.504 e. The van der Waals surface area contributed by atoms with Crippen molar-refractivity contribution in [3.8, 4) is 28.7 Å². The molecular formula is C29H32O7. The molecule has 0 radical (unpaired) electrons. The second-order valence-electron chi connectivity index (χ2n) is 10.1. The number of ether oxygens (including phenoxy) is 4. The summed E-state index contributed by atoms with van der Waals surface area (Å²) in [5, 5.41) is 10.8. The summed E-state index contributed by atoms with van der Waals surface area (Å²) in [7, 11) is 3.02. The highest BCUT2D eigenvalue weighted by Crippen LogP contribution is 2.53. The van der Waals surface area contributed by atoms with Crippen molar-refractivity contribution in [1.29, 1.82) is 0 Å². The van der Waals surface area contributed by atoms with E-state index < -0.39 is 28.7 Å². The molecule has 3 aromatic rings. The van der Waals surface area contributed by atoms with Crippen molar-refractivity contribution in [2.45, 2.75) is 45.3 Å². The van der Waals surface area contributed by atoms with Gasteiger partial charge in [0.1, 0.15) is 6.10 Å². The molecule has 0 amide bonds. The van der Waals surface area contributed by atoms with Gasteiger partial charge in [0.25, 0.3) is 0 Å². The van der Waals surface area contributed by atoms with Crippen molar-refractivity contribution >= 4 is 11.0 Å². The van der Waals surface area contributed by atoms with Gasteiger partial charge in [0.05, 0.1) is 14.2 Å². The number of rotatable bonds is 7. The minimum absolute atomic E-state index is 0.00777. The molecule has 1 N–H and O–H groups in total. The quantitative estimate of drug-likeness (QED) is 0.316. The highest BCUT2D eigenvalue weighted by atomic mass is 16.6. The maximum absolute atomic E-state index is 13.0. The Bertz CT molecular complexity index is 1400. The molecular weight excluding hydrogens is 460 g/mol. The Labute approximate surface area is 210 Å². The number of hydrogen-bond acceptors (Lipinski definition) is 7. The van der Waals surface area contributed by atoms with E-state index >= 15 is 0 Å². The molecule has 2 heterocycles. The average Bonchev–Trinajstić information content (AvgIpc) is 2.87. The van der Waals surface area contributed by atoms with Crippen LogP contribution in [0.3, 0.4) is 0 Å². The lowest BCUT2D eigenvalue weighted by atomic mass is 9.80. The topological polar surface area (TPSA) is 87.4 Å². The van der Waals surface area contributed by atoms with E-state index in [4.69, 9.17) is 23.4 Å². The number of phenolic OH excluding ortho intramolecular Hbond substituents is 1. The van der Waals surface area contributed by atoms with Crippen LogP contribution in [0.2, 0.25) is 0 Å². The molecule has 36 heavy (non-hydrogen) atoms. The Hall–Kier alpha value is -3.87. The van der Waals surface area contributed by atoms with Crippen molar-refractivity contribution < 1.29 is 28.5 Å². The van der Waals surface area contributed by atoms with Crippen molar-refractivity contribution in [3.63, 3.8) is 0 Å². The van der Waals surface area contributed by atoms with Crippen molar-refractivity contribution in [3.05, 3.63) is 77.2 Å². The van der Waals surface area contributed by atoms with E-state index in [1.165, 1.54) is 7.11 Å². The molecule has 0 fully saturated rings. The first-order chi connectivity index (χ1) is 17.0. The number of methoxy groups -OCH3 is 2. The molecule has 7 heteroatoms. The van der Waals surface area contributed by atoms with Gasteiger partial charge in [0.2, 0.25) is 11.5 Å². The third kappa shape index (κ3) is 4.08. The standard InChI is InChI=1S/C29H32O7/c1-9-28(3,4)18-13-17-15-21(33-8)24-25(22(17)36-27(18)31)34-23(26(35-24)29(5,6)10-2)16-11-12-19(30)20(14-16)32-7/h9-15,23,26,30H,1-2H2,3-8H3. The fourth-order valence-corrected chi connectivity index (χ4v) is 4.27. The predicted octanol–water partition coefficient (Wildman–Crippen LogP) is 6.07. The molecule has 0 spiro atoms. The summed E-state index contributed by atoms with van der Waals surface area (Å²) in [5.74, 6) is 1.35. The van der Waals surface area contributed by atoms with Gasteiger partial charge in [-0.3, -0.25) is 0 Å². The first-order valence-corrected chi connectivity index (χ1v) is 11.6. The van der Waals surface area contributed by atoms with Gasteiger partial charge >= 0.3 is 5.63 Å². The first-order valence-electron chi connectivity index (χ1n) is 11.6. The predicted molar refractivity (Wildman–Crippen MR) is 139 cm³/mol. The van der Waals surface area contributed by atoms with Gasteiger partial charge in [0.15, 0.2) is 28.9 Å². The summed E-state index contributed by atoms with van der Waals surface area (Å²) in [4.78, 5) is 13.0. The van der Waals surface area contributed by atoms with Crippen LogP contribution in [0, 0.1) is 5.41 Å². The molecule has 1 aliphatic rings. The molecule has 1 aromatic heterocycles. The van der Waals surface area contributed by atoms with Crippen molar-refractivity contribution in [1.82, 2.24) is 0 Å². The van der Waals surface area contributed by atoms with Gasteiger partial charge in [-0.25, -0.2) is 4.79 Å². The highest BCUT2D eigenvalue weighted by molar-refractivity contribution is 5.89. The SMILES string of the molecule is C=CC(C)(C)c1cc2cc(OC)c3c(c2oc1=O)OC(c1ccc(O)c(OC)c1)C(C(C)(C)C=C)O3. The summed E-state index contributed by atoms with van der Waals surface area (Å²) in [6, 6.07) is 8.52. The fourth-order valence-electron chi connectivity index (χ4n) is 4.27. The molecule has 2 unspecified atom stereocenters. The van der Waals surface area contributed by atoms with Crippen LogP contribution in [0.4, 0.5) is 0 Å². The number of aromatic hydroxyl groups is 1. The van der Waals surface area contributed by atoms with Crippen LogP contribution in [0.5, 0.6) is 28.7 Å². The number of benzene rings is 2. The molecule has 1 aliphatic heterocycles. The molecule has 4 rings (SSSR count). The van der Waals surface area contributed by atoms with E-state index in [-0.39, 0.29) is 17.1 Å². The lowest BCUT2D eigenvalue weighted by Gasteiger charge is -2.41. The third-order valence-corrected chi connectivity index (χ3v) is 6.88.